The Labute approximate surface area is 264 Å². The standard InChI is InChI=1S/C39H37N3O3/c1-2-3-4-7-25-10-14-27(15-11-25)28-16-18-29(19-17-28)39(45)42-34-23-22-33(41-30-20-12-26(24-40)13-21-30)35-36(34)38(44)32-9-6-5-8-31(32)37(35)43/h5-6,8-9,12-13,16-23,25,27,41H,2-4,7,10-11,14-15H2,1H3,(H,42,45). The summed E-state index contributed by atoms with van der Waals surface area (Å²) >= 11 is 0. The van der Waals surface area contributed by atoms with Gasteiger partial charge in [-0.2, -0.15) is 5.26 Å². The summed E-state index contributed by atoms with van der Waals surface area (Å²) in [5, 5.41) is 15.3. The fraction of sp³-hybridized carbons (Fsp3) is 0.282. The lowest BCUT2D eigenvalue weighted by Gasteiger charge is -2.29. The van der Waals surface area contributed by atoms with Crippen LogP contribution in [0.15, 0.2) is 84.9 Å². The van der Waals surface area contributed by atoms with Crippen molar-refractivity contribution in [3.8, 4) is 6.07 Å². The van der Waals surface area contributed by atoms with E-state index in [-0.39, 0.29) is 28.6 Å². The van der Waals surface area contributed by atoms with Gasteiger partial charge in [-0.05, 0) is 91.6 Å². The van der Waals surface area contributed by atoms with Gasteiger partial charge in [0.2, 0.25) is 0 Å². The number of carbonyl (C=O) groups excluding carboxylic acids is 3. The van der Waals surface area contributed by atoms with Gasteiger partial charge < -0.3 is 10.6 Å². The number of nitrogens with one attached hydrogen (secondary N) is 2. The molecule has 4 aromatic carbocycles. The van der Waals surface area contributed by atoms with Gasteiger partial charge in [-0.3, -0.25) is 14.4 Å². The van der Waals surface area contributed by atoms with Crippen LogP contribution < -0.4 is 10.6 Å². The van der Waals surface area contributed by atoms with Gasteiger partial charge in [-0.1, -0.05) is 69.0 Å². The number of fused-ring (bicyclic) bond motifs is 2. The summed E-state index contributed by atoms with van der Waals surface area (Å²) in [5.74, 6) is 0.416. The lowest BCUT2D eigenvalue weighted by Crippen LogP contribution is -2.25. The molecule has 226 valence electrons. The Balaban J connectivity index is 1.23. The smallest absolute Gasteiger partial charge is 0.255 e. The Morgan fingerprint density at radius 1 is 0.778 bits per heavy atom. The van der Waals surface area contributed by atoms with Crippen molar-refractivity contribution < 1.29 is 14.4 Å². The van der Waals surface area contributed by atoms with Crippen molar-refractivity contribution in [1.29, 1.82) is 5.26 Å². The van der Waals surface area contributed by atoms with E-state index in [0.717, 1.165) is 5.92 Å². The van der Waals surface area contributed by atoms with Gasteiger partial charge in [-0.25, -0.2) is 0 Å². The highest BCUT2D eigenvalue weighted by Gasteiger charge is 2.34. The second-order valence-electron chi connectivity index (χ2n) is 12.2. The monoisotopic (exact) mass is 595 g/mol. The summed E-state index contributed by atoms with van der Waals surface area (Å²) < 4.78 is 0. The SMILES string of the molecule is CCCCCC1CCC(c2ccc(C(=O)Nc3ccc(Nc4ccc(C#N)cc4)c4c3C(=O)c3ccccc3C4=O)cc2)CC1. The van der Waals surface area contributed by atoms with Gasteiger partial charge in [0, 0.05) is 22.4 Å². The van der Waals surface area contributed by atoms with E-state index in [4.69, 9.17) is 5.26 Å². The third-order valence-corrected chi connectivity index (χ3v) is 9.32. The molecular formula is C39H37N3O3. The number of benzene rings is 4. The molecule has 2 aliphatic rings. The second kappa shape index (κ2) is 13.3. The van der Waals surface area contributed by atoms with Crippen LogP contribution in [0.25, 0.3) is 0 Å². The van der Waals surface area contributed by atoms with Crippen LogP contribution in [0.5, 0.6) is 0 Å². The normalized spacial score (nSPS) is 17.2. The van der Waals surface area contributed by atoms with E-state index in [1.165, 1.54) is 56.9 Å². The van der Waals surface area contributed by atoms with Crippen molar-refractivity contribution in [1.82, 2.24) is 0 Å². The molecule has 0 saturated heterocycles. The number of carbonyl (C=O) groups is 3. The lowest BCUT2D eigenvalue weighted by atomic mass is 9.77. The molecule has 0 atom stereocenters. The highest BCUT2D eigenvalue weighted by Crippen LogP contribution is 2.39. The number of nitriles is 1. The van der Waals surface area contributed by atoms with E-state index in [2.05, 4.69) is 35.8 Å². The van der Waals surface area contributed by atoms with Crippen LogP contribution in [-0.4, -0.2) is 17.5 Å². The molecule has 6 nitrogen and oxygen atoms in total. The topological polar surface area (TPSA) is 99.1 Å². The zero-order valence-electron chi connectivity index (χ0n) is 25.6. The van der Waals surface area contributed by atoms with E-state index in [1.54, 1.807) is 60.7 Å². The Morgan fingerprint density at radius 2 is 1.40 bits per heavy atom. The number of ketones is 2. The fourth-order valence-electron chi connectivity index (χ4n) is 6.78. The third kappa shape index (κ3) is 6.30. The van der Waals surface area contributed by atoms with Crippen LogP contribution in [0.3, 0.4) is 0 Å². The molecule has 2 aliphatic carbocycles. The van der Waals surface area contributed by atoms with Crippen molar-refractivity contribution in [3.63, 3.8) is 0 Å². The van der Waals surface area contributed by atoms with Crippen molar-refractivity contribution in [2.45, 2.75) is 64.2 Å². The van der Waals surface area contributed by atoms with Gasteiger partial charge in [0.25, 0.3) is 5.91 Å². The number of hydrogen-bond donors (Lipinski definition) is 2. The zero-order valence-corrected chi connectivity index (χ0v) is 25.6. The molecule has 0 bridgehead atoms. The van der Waals surface area contributed by atoms with Gasteiger partial charge in [0.1, 0.15) is 0 Å². The molecule has 0 spiro atoms. The zero-order chi connectivity index (χ0) is 31.3. The molecule has 1 saturated carbocycles. The van der Waals surface area contributed by atoms with Crippen LogP contribution in [0.1, 0.15) is 118 Å². The first-order valence-corrected chi connectivity index (χ1v) is 16.0. The van der Waals surface area contributed by atoms with E-state index in [9.17, 15) is 14.4 Å². The van der Waals surface area contributed by atoms with Gasteiger partial charge in [-0.15, -0.1) is 0 Å². The van der Waals surface area contributed by atoms with E-state index in [0.29, 0.717) is 45.2 Å². The Hall–Kier alpha value is -5.02. The first-order chi connectivity index (χ1) is 22.0. The molecule has 0 radical (unpaired) electrons. The molecule has 6 heteroatoms. The minimum Gasteiger partial charge on any atom is -0.355 e. The minimum atomic E-state index is -0.338. The molecule has 0 aliphatic heterocycles. The van der Waals surface area contributed by atoms with Crippen LogP contribution in [0, 0.1) is 17.2 Å². The average Bonchev–Trinajstić information content (AvgIpc) is 3.08. The molecule has 0 heterocycles. The molecule has 6 rings (SSSR count). The maximum atomic E-state index is 13.8. The highest BCUT2D eigenvalue weighted by molar-refractivity contribution is 6.32. The predicted molar refractivity (Wildman–Crippen MR) is 177 cm³/mol. The van der Waals surface area contributed by atoms with Gasteiger partial charge in [0.05, 0.1) is 34.1 Å². The van der Waals surface area contributed by atoms with Crippen molar-refractivity contribution >= 4 is 34.5 Å². The lowest BCUT2D eigenvalue weighted by molar-refractivity contribution is 0.0979. The van der Waals surface area contributed by atoms with Crippen molar-refractivity contribution in [2.24, 2.45) is 5.92 Å². The number of nitrogens with zero attached hydrogens (tertiary/aromatic N) is 1. The summed E-state index contributed by atoms with van der Waals surface area (Å²) in [6.07, 6.45) is 10.2. The van der Waals surface area contributed by atoms with Crippen LogP contribution in [0.4, 0.5) is 17.1 Å². The first kappa shape index (κ1) is 30.0. The number of hydrogen-bond acceptors (Lipinski definition) is 5. The van der Waals surface area contributed by atoms with E-state index < -0.39 is 0 Å². The first-order valence-electron chi connectivity index (χ1n) is 16.0. The second-order valence-corrected chi connectivity index (χ2v) is 12.2. The molecule has 45 heavy (non-hydrogen) atoms. The Bertz CT molecular complexity index is 1780. The maximum Gasteiger partial charge on any atom is 0.255 e. The number of anilines is 3. The molecule has 0 unspecified atom stereocenters. The summed E-state index contributed by atoms with van der Waals surface area (Å²) in [6.45, 7) is 2.25. The third-order valence-electron chi connectivity index (χ3n) is 9.32. The molecule has 1 fully saturated rings. The minimum absolute atomic E-state index is 0.165. The predicted octanol–water partition coefficient (Wildman–Crippen LogP) is 9.18. The highest BCUT2D eigenvalue weighted by atomic mass is 16.2. The Morgan fingerprint density at radius 3 is 2.02 bits per heavy atom. The van der Waals surface area contributed by atoms with Crippen LogP contribution in [-0.2, 0) is 0 Å². The summed E-state index contributed by atoms with van der Waals surface area (Å²) in [4.78, 5) is 41.1. The average molecular weight is 596 g/mol. The van der Waals surface area contributed by atoms with E-state index >= 15 is 0 Å². The van der Waals surface area contributed by atoms with Crippen LogP contribution in [0.2, 0.25) is 0 Å². The fourth-order valence-corrected chi connectivity index (χ4v) is 6.78. The molecule has 1 amide bonds. The number of rotatable bonds is 9. The number of amides is 1. The largest absolute Gasteiger partial charge is 0.355 e. The summed E-state index contributed by atoms with van der Waals surface area (Å²) in [7, 11) is 0. The molecule has 4 aromatic rings. The van der Waals surface area contributed by atoms with Gasteiger partial charge in [0.15, 0.2) is 11.6 Å². The van der Waals surface area contributed by atoms with Crippen molar-refractivity contribution in [3.05, 3.63) is 124 Å². The summed E-state index contributed by atoms with van der Waals surface area (Å²) in [5.41, 5.74) is 4.69. The molecule has 0 aromatic heterocycles. The molecule has 2 N–H and O–H groups in total. The number of unbranched alkanes of at least 4 members (excludes halogenated alkanes) is 2. The summed E-state index contributed by atoms with van der Waals surface area (Å²) in [6, 6.07) is 26.9. The van der Waals surface area contributed by atoms with Crippen molar-refractivity contribution in [2.75, 3.05) is 10.6 Å². The molecular weight excluding hydrogens is 558 g/mol. The van der Waals surface area contributed by atoms with Gasteiger partial charge >= 0.3 is 0 Å². The van der Waals surface area contributed by atoms with Crippen LogP contribution >= 0.6 is 0 Å². The quantitative estimate of drug-likeness (QED) is 0.166. The van der Waals surface area contributed by atoms with E-state index in [1.807, 2.05) is 12.1 Å². The Kier molecular flexibility index (Phi) is 8.89. The maximum absolute atomic E-state index is 13.8.